The zero-order valence-corrected chi connectivity index (χ0v) is 11.1. The molecule has 1 fully saturated rings. The lowest BCUT2D eigenvalue weighted by Crippen LogP contribution is -2.38. The Bertz CT molecular complexity index is 221. The Labute approximate surface area is 104 Å². The molecule has 4 heteroatoms. The highest BCUT2D eigenvalue weighted by atomic mass is 16.5. The molecule has 0 aliphatic heterocycles. The molecule has 17 heavy (non-hydrogen) atoms. The van der Waals surface area contributed by atoms with Crippen molar-refractivity contribution < 1.29 is 9.53 Å². The van der Waals surface area contributed by atoms with Gasteiger partial charge < -0.3 is 15.4 Å². The summed E-state index contributed by atoms with van der Waals surface area (Å²) in [6.45, 7) is 5.33. The zero-order valence-electron chi connectivity index (χ0n) is 11.1. The van der Waals surface area contributed by atoms with E-state index in [9.17, 15) is 4.79 Å². The van der Waals surface area contributed by atoms with Gasteiger partial charge in [0, 0.05) is 32.7 Å². The van der Waals surface area contributed by atoms with Crippen molar-refractivity contribution in [1.29, 1.82) is 0 Å². The Morgan fingerprint density at radius 1 is 1.29 bits per heavy atom. The second kappa shape index (κ2) is 8.48. The highest BCUT2D eigenvalue weighted by molar-refractivity contribution is 5.78. The summed E-state index contributed by atoms with van der Waals surface area (Å²) in [7, 11) is 1.69. The van der Waals surface area contributed by atoms with E-state index < -0.39 is 0 Å². The lowest BCUT2D eigenvalue weighted by Gasteiger charge is -2.25. The fourth-order valence-electron chi connectivity index (χ4n) is 2.39. The van der Waals surface area contributed by atoms with E-state index in [2.05, 4.69) is 17.6 Å². The topological polar surface area (TPSA) is 50.4 Å². The molecule has 0 heterocycles. The highest BCUT2D eigenvalue weighted by Gasteiger charge is 2.24. The molecule has 1 aliphatic carbocycles. The van der Waals surface area contributed by atoms with Gasteiger partial charge in [-0.05, 0) is 18.8 Å². The van der Waals surface area contributed by atoms with Crippen LogP contribution in [0.15, 0.2) is 0 Å². The van der Waals surface area contributed by atoms with Crippen molar-refractivity contribution >= 4 is 5.91 Å². The van der Waals surface area contributed by atoms with Crippen LogP contribution in [0.5, 0.6) is 0 Å². The van der Waals surface area contributed by atoms with Crippen LogP contribution in [0.25, 0.3) is 0 Å². The summed E-state index contributed by atoms with van der Waals surface area (Å²) in [6, 6.07) is 0. The minimum absolute atomic E-state index is 0.241. The monoisotopic (exact) mass is 242 g/mol. The van der Waals surface area contributed by atoms with Gasteiger partial charge in [-0.25, -0.2) is 0 Å². The van der Waals surface area contributed by atoms with E-state index >= 15 is 0 Å². The molecule has 1 rings (SSSR count). The van der Waals surface area contributed by atoms with Gasteiger partial charge >= 0.3 is 0 Å². The molecule has 0 aromatic carbocycles. The van der Waals surface area contributed by atoms with Crippen LogP contribution in [0.2, 0.25) is 0 Å². The molecule has 100 valence electrons. The molecular weight excluding hydrogens is 216 g/mol. The maximum atomic E-state index is 11.9. The predicted octanol–water partition coefficient (Wildman–Crippen LogP) is 1.16. The number of methoxy groups -OCH3 is 1. The third kappa shape index (κ3) is 6.03. The molecule has 2 atom stereocenters. The lowest BCUT2D eigenvalue weighted by molar-refractivity contribution is -0.126. The maximum absolute atomic E-state index is 11.9. The number of hydrogen-bond acceptors (Lipinski definition) is 3. The van der Waals surface area contributed by atoms with Crippen LogP contribution in [0.4, 0.5) is 0 Å². The molecule has 2 N–H and O–H groups in total. The van der Waals surface area contributed by atoms with Gasteiger partial charge in [0.1, 0.15) is 0 Å². The highest BCUT2D eigenvalue weighted by Crippen LogP contribution is 2.28. The third-order valence-electron chi connectivity index (χ3n) is 3.39. The summed E-state index contributed by atoms with van der Waals surface area (Å²) in [4.78, 5) is 11.9. The average Bonchev–Trinajstić information content (AvgIpc) is 2.33. The Kier molecular flexibility index (Phi) is 7.21. The van der Waals surface area contributed by atoms with Crippen LogP contribution in [0.1, 0.15) is 32.6 Å². The molecule has 1 amide bonds. The van der Waals surface area contributed by atoms with Crippen molar-refractivity contribution in [3.63, 3.8) is 0 Å². The van der Waals surface area contributed by atoms with E-state index in [1.54, 1.807) is 7.11 Å². The average molecular weight is 242 g/mol. The summed E-state index contributed by atoms with van der Waals surface area (Å²) in [5, 5.41) is 6.22. The molecule has 1 aliphatic rings. The van der Waals surface area contributed by atoms with Crippen molar-refractivity contribution in [3.05, 3.63) is 0 Å². The summed E-state index contributed by atoms with van der Waals surface area (Å²) in [5.74, 6) is 1.20. The standard InChI is InChI=1S/C13H26N2O2/c1-11-4-3-5-12(10-11)13(16)15-7-6-14-8-9-17-2/h11-12,14H,3-10H2,1-2H3,(H,15,16)/t11-,12+/m1/s1. The lowest BCUT2D eigenvalue weighted by atomic mass is 9.82. The number of nitrogens with one attached hydrogen (secondary N) is 2. The fourth-order valence-corrected chi connectivity index (χ4v) is 2.39. The SMILES string of the molecule is COCCNCCNC(=O)[C@H]1CCC[C@@H](C)C1. The van der Waals surface area contributed by atoms with E-state index in [0.717, 1.165) is 25.9 Å². The smallest absolute Gasteiger partial charge is 0.223 e. The first-order valence-electron chi connectivity index (χ1n) is 6.71. The summed E-state index contributed by atoms with van der Waals surface area (Å²) >= 11 is 0. The molecule has 0 saturated heterocycles. The van der Waals surface area contributed by atoms with Crippen molar-refractivity contribution in [3.8, 4) is 0 Å². The molecule has 0 aromatic rings. The van der Waals surface area contributed by atoms with Crippen LogP contribution in [-0.2, 0) is 9.53 Å². The molecule has 4 nitrogen and oxygen atoms in total. The third-order valence-corrected chi connectivity index (χ3v) is 3.39. The minimum Gasteiger partial charge on any atom is -0.383 e. The summed E-state index contributed by atoms with van der Waals surface area (Å²) in [6.07, 6.45) is 4.60. The van der Waals surface area contributed by atoms with E-state index in [1.807, 2.05) is 0 Å². The molecule has 0 unspecified atom stereocenters. The molecule has 0 bridgehead atoms. The van der Waals surface area contributed by atoms with E-state index in [-0.39, 0.29) is 11.8 Å². The van der Waals surface area contributed by atoms with Crippen LogP contribution >= 0.6 is 0 Å². The Morgan fingerprint density at radius 3 is 2.82 bits per heavy atom. The Balaban J connectivity index is 2.04. The fraction of sp³-hybridized carbons (Fsp3) is 0.923. The molecule has 0 spiro atoms. The normalized spacial score (nSPS) is 24.6. The van der Waals surface area contributed by atoms with Crippen molar-refractivity contribution in [2.75, 3.05) is 33.4 Å². The van der Waals surface area contributed by atoms with E-state index in [0.29, 0.717) is 19.1 Å². The van der Waals surface area contributed by atoms with Gasteiger partial charge in [-0.3, -0.25) is 4.79 Å². The zero-order chi connectivity index (χ0) is 12.5. The molecule has 1 saturated carbocycles. The van der Waals surface area contributed by atoms with Crippen LogP contribution in [-0.4, -0.2) is 39.3 Å². The Hall–Kier alpha value is -0.610. The number of ether oxygens (including phenoxy) is 1. The van der Waals surface area contributed by atoms with Crippen LogP contribution < -0.4 is 10.6 Å². The van der Waals surface area contributed by atoms with Gasteiger partial charge in [0.2, 0.25) is 5.91 Å². The predicted molar refractivity (Wildman–Crippen MR) is 68.9 cm³/mol. The van der Waals surface area contributed by atoms with Gasteiger partial charge in [-0.2, -0.15) is 0 Å². The van der Waals surface area contributed by atoms with E-state index in [4.69, 9.17) is 4.74 Å². The summed E-state index contributed by atoms with van der Waals surface area (Å²) < 4.78 is 4.93. The van der Waals surface area contributed by atoms with Gasteiger partial charge in [0.05, 0.1) is 6.61 Å². The largest absolute Gasteiger partial charge is 0.383 e. The number of hydrogen-bond donors (Lipinski definition) is 2. The molecule has 0 aromatic heterocycles. The van der Waals surface area contributed by atoms with Gasteiger partial charge in [0.15, 0.2) is 0 Å². The number of rotatable bonds is 7. The van der Waals surface area contributed by atoms with Crippen LogP contribution in [0, 0.1) is 11.8 Å². The number of amides is 1. The Morgan fingerprint density at radius 2 is 2.12 bits per heavy atom. The van der Waals surface area contributed by atoms with Gasteiger partial charge in [-0.1, -0.05) is 19.8 Å². The number of carbonyl (C=O) groups is 1. The summed E-state index contributed by atoms with van der Waals surface area (Å²) in [5.41, 5.74) is 0. The maximum Gasteiger partial charge on any atom is 0.223 e. The van der Waals surface area contributed by atoms with Crippen molar-refractivity contribution in [1.82, 2.24) is 10.6 Å². The van der Waals surface area contributed by atoms with E-state index in [1.165, 1.54) is 12.8 Å². The first kappa shape index (κ1) is 14.5. The second-order valence-corrected chi connectivity index (χ2v) is 5.00. The van der Waals surface area contributed by atoms with Gasteiger partial charge in [-0.15, -0.1) is 0 Å². The van der Waals surface area contributed by atoms with Crippen molar-refractivity contribution in [2.24, 2.45) is 11.8 Å². The number of carbonyl (C=O) groups excluding carboxylic acids is 1. The quantitative estimate of drug-likeness (QED) is 0.659. The molecule has 0 radical (unpaired) electrons. The second-order valence-electron chi connectivity index (χ2n) is 5.00. The first-order chi connectivity index (χ1) is 8.24. The van der Waals surface area contributed by atoms with Gasteiger partial charge in [0.25, 0.3) is 0 Å². The van der Waals surface area contributed by atoms with Crippen LogP contribution in [0.3, 0.4) is 0 Å². The molecular formula is C13H26N2O2. The minimum atomic E-state index is 0.241. The van der Waals surface area contributed by atoms with Crippen molar-refractivity contribution in [2.45, 2.75) is 32.6 Å². The first-order valence-corrected chi connectivity index (χ1v) is 6.71.